The third kappa shape index (κ3) is 4.47. The van der Waals surface area contributed by atoms with Crippen LogP contribution >= 0.6 is 0 Å². The van der Waals surface area contributed by atoms with Gasteiger partial charge in [-0.1, -0.05) is 20.8 Å². The van der Waals surface area contributed by atoms with Gasteiger partial charge in [0.05, 0.1) is 6.61 Å². The maximum Gasteiger partial charge on any atom is 0.218 e. The maximum absolute atomic E-state index is 5.61. The fourth-order valence-corrected chi connectivity index (χ4v) is 1.20. The standard InChI is InChI=1S/C12H21N3O/c1-9-14-10(13-5)8-11(15-9)16-7-6-12(2,3)4/h8H,6-7H2,1-5H3,(H,13,14,15). The first-order valence-corrected chi connectivity index (χ1v) is 5.57. The molecule has 0 saturated heterocycles. The molecule has 0 fully saturated rings. The van der Waals surface area contributed by atoms with Crippen LogP contribution in [0.15, 0.2) is 6.07 Å². The van der Waals surface area contributed by atoms with Crippen molar-refractivity contribution in [3.63, 3.8) is 0 Å². The average molecular weight is 223 g/mol. The Labute approximate surface area is 97.5 Å². The lowest BCUT2D eigenvalue weighted by molar-refractivity contribution is 0.236. The molecule has 1 N–H and O–H groups in total. The average Bonchev–Trinajstić information content (AvgIpc) is 2.14. The number of hydrogen-bond donors (Lipinski definition) is 1. The predicted molar refractivity (Wildman–Crippen MR) is 65.9 cm³/mol. The fraction of sp³-hybridized carbons (Fsp3) is 0.667. The van der Waals surface area contributed by atoms with E-state index < -0.39 is 0 Å². The summed E-state index contributed by atoms with van der Waals surface area (Å²) >= 11 is 0. The highest BCUT2D eigenvalue weighted by Gasteiger charge is 2.10. The SMILES string of the molecule is CNc1cc(OCCC(C)(C)C)nc(C)n1. The van der Waals surface area contributed by atoms with Crippen molar-refractivity contribution >= 4 is 5.82 Å². The molecule has 16 heavy (non-hydrogen) atoms. The van der Waals surface area contributed by atoms with Crippen LogP contribution in [0, 0.1) is 12.3 Å². The van der Waals surface area contributed by atoms with Crippen LogP contribution in [-0.2, 0) is 0 Å². The Morgan fingerprint density at radius 2 is 2.00 bits per heavy atom. The Morgan fingerprint density at radius 3 is 2.56 bits per heavy atom. The zero-order valence-electron chi connectivity index (χ0n) is 10.8. The van der Waals surface area contributed by atoms with Crippen LogP contribution in [-0.4, -0.2) is 23.6 Å². The van der Waals surface area contributed by atoms with Crippen LogP contribution < -0.4 is 10.1 Å². The summed E-state index contributed by atoms with van der Waals surface area (Å²) in [4.78, 5) is 8.43. The number of aromatic nitrogens is 2. The van der Waals surface area contributed by atoms with Gasteiger partial charge >= 0.3 is 0 Å². The van der Waals surface area contributed by atoms with Gasteiger partial charge in [-0.15, -0.1) is 0 Å². The van der Waals surface area contributed by atoms with Crippen molar-refractivity contribution in [3.8, 4) is 5.88 Å². The summed E-state index contributed by atoms with van der Waals surface area (Å²) in [6.45, 7) is 9.13. The number of nitrogens with zero attached hydrogens (tertiary/aromatic N) is 2. The van der Waals surface area contributed by atoms with Gasteiger partial charge in [0.15, 0.2) is 0 Å². The normalized spacial score (nSPS) is 11.3. The molecule has 0 bridgehead atoms. The lowest BCUT2D eigenvalue weighted by Gasteiger charge is -2.17. The van der Waals surface area contributed by atoms with Crippen molar-refractivity contribution in [2.24, 2.45) is 5.41 Å². The van der Waals surface area contributed by atoms with Gasteiger partial charge in [0.2, 0.25) is 5.88 Å². The van der Waals surface area contributed by atoms with Gasteiger partial charge in [0.1, 0.15) is 11.6 Å². The molecule has 0 aliphatic heterocycles. The summed E-state index contributed by atoms with van der Waals surface area (Å²) < 4.78 is 5.61. The van der Waals surface area contributed by atoms with Crippen molar-refractivity contribution in [1.29, 1.82) is 0 Å². The summed E-state index contributed by atoms with van der Waals surface area (Å²) in [5, 5.41) is 2.98. The van der Waals surface area contributed by atoms with Crippen LogP contribution in [0.2, 0.25) is 0 Å². The van der Waals surface area contributed by atoms with E-state index in [1.54, 1.807) is 0 Å². The van der Waals surface area contributed by atoms with E-state index in [1.807, 2.05) is 20.0 Å². The molecule has 0 aromatic carbocycles. The molecule has 0 radical (unpaired) electrons. The van der Waals surface area contributed by atoms with Gasteiger partial charge < -0.3 is 10.1 Å². The van der Waals surface area contributed by atoms with Crippen LogP contribution in [0.5, 0.6) is 5.88 Å². The van der Waals surface area contributed by atoms with Crippen LogP contribution in [0.25, 0.3) is 0 Å². The smallest absolute Gasteiger partial charge is 0.218 e. The van der Waals surface area contributed by atoms with E-state index in [4.69, 9.17) is 4.74 Å². The van der Waals surface area contributed by atoms with E-state index in [-0.39, 0.29) is 5.41 Å². The summed E-state index contributed by atoms with van der Waals surface area (Å²) in [5.74, 6) is 2.15. The summed E-state index contributed by atoms with van der Waals surface area (Å²) in [6, 6.07) is 1.82. The molecule has 1 heterocycles. The van der Waals surface area contributed by atoms with Crippen molar-refractivity contribution < 1.29 is 4.74 Å². The highest BCUT2D eigenvalue weighted by molar-refractivity contribution is 5.37. The minimum atomic E-state index is 0.286. The molecule has 4 heteroatoms. The first kappa shape index (κ1) is 12.7. The monoisotopic (exact) mass is 223 g/mol. The summed E-state index contributed by atoms with van der Waals surface area (Å²) in [7, 11) is 1.83. The highest BCUT2D eigenvalue weighted by atomic mass is 16.5. The minimum absolute atomic E-state index is 0.286. The molecule has 4 nitrogen and oxygen atoms in total. The first-order chi connectivity index (χ1) is 7.40. The topological polar surface area (TPSA) is 47.0 Å². The van der Waals surface area contributed by atoms with Crippen LogP contribution in [0.1, 0.15) is 33.0 Å². The Bertz CT molecular complexity index is 345. The maximum atomic E-state index is 5.61. The van der Waals surface area contributed by atoms with Gasteiger partial charge in [0.25, 0.3) is 0 Å². The number of rotatable bonds is 4. The van der Waals surface area contributed by atoms with Gasteiger partial charge in [0, 0.05) is 13.1 Å². The van der Waals surface area contributed by atoms with Crippen LogP contribution in [0.3, 0.4) is 0 Å². The van der Waals surface area contributed by atoms with E-state index in [2.05, 4.69) is 36.1 Å². The molecule has 0 unspecified atom stereocenters. The van der Waals surface area contributed by atoms with Gasteiger partial charge in [-0.05, 0) is 18.8 Å². The molecule has 90 valence electrons. The first-order valence-electron chi connectivity index (χ1n) is 5.57. The van der Waals surface area contributed by atoms with Gasteiger partial charge in [-0.3, -0.25) is 0 Å². The molecule has 1 aromatic heterocycles. The Kier molecular flexibility index (Phi) is 4.10. The fourth-order valence-electron chi connectivity index (χ4n) is 1.20. The van der Waals surface area contributed by atoms with Crippen molar-refractivity contribution in [1.82, 2.24) is 9.97 Å². The molecule has 1 aromatic rings. The summed E-state index contributed by atoms with van der Waals surface area (Å²) in [6.07, 6.45) is 1.00. The zero-order valence-corrected chi connectivity index (χ0v) is 10.8. The predicted octanol–water partition coefficient (Wildman–Crippen LogP) is 2.64. The number of nitrogens with one attached hydrogen (secondary N) is 1. The second-order valence-electron chi connectivity index (χ2n) is 5.05. The van der Waals surface area contributed by atoms with E-state index in [1.165, 1.54) is 0 Å². The molecular formula is C12H21N3O. The number of aryl methyl sites for hydroxylation is 1. The molecule has 0 aliphatic rings. The highest BCUT2D eigenvalue weighted by Crippen LogP contribution is 2.19. The largest absolute Gasteiger partial charge is 0.478 e. The number of anilines is 1. The molecule has 0 amide bonds. The van der Waals surface area contributed by atoms with Gasteiger partial charge in [-0.25, -0.2) is 4.98 Å². The third-order valence-corrected chi connectivity index (χ3v) is 2.17. The minimum Gasteiger partial charge on any atom is -0.478 e. The van der Waals surface area contributed by atoms with Crippen LogP contribution in [0.4, 0.5) is 5.82 Å². The second-order valence-corrected chi connectivity index (χ2v) is 5.05. The van der Waals surface area contributed by atoms with Crippen molar-refractivity contribution in [2.75, 3.05) is 19.0 Å². The van der Waals surface area contributed by atoms with E-state index in [0.717, 1.165) is 18.1 Å². The van der Waals surface area contributed by atoms with E-state index >= 15 is 0 Å². The van der Waals surface area contributed by atoms with E-state index in [0.29, 0.717) is 12.5 Å². The molecular weight excluding hydrogens is 202 g/mol. The lowest BCUT2D eigenvalue weighted by atomic mass is 9.93. The summed E-state index contributed by atoms with van der Waals surface area (Å²) in [5.41, 5.74) is 0.286. The van der Waals surface area contributed by atoms with Gasteiger partial charge in [-0.2, -0.15) is 4.98 Å². The van der Waals surface area contributed by atoms with E-state index in [9.17, 15) is 0 Å². The molecule has 0 spiro atoms. The van der Waals surface area contributed by atoms with Crippen molar-refractivity contribution in [2.45, 2.75) is 34.1 Å². The molecule has 0 saturated carbocycles. The second kappa shape index (κ2) is 5.14. The quantitative estimate of drug-likeness (QED) is 0.852. The number of ether oxygens (including phenoxy) is 1. The van der Waals surface area contributed by atoms with Crippen molar-refractivity contribution in [3.05, 3.63) is 11.9 Å². The Balaban J connectivity index is 2.57. The number of hydrogen-bond acceptors (Lipinski definition) is 4. The Hall–Kier alpha value is -1.32. The molecule has 0 aliphatic carbocycles. The molecule has 0 atom stereocenters. The zero-order chi connectivity index (χ0) is 12.2. The Morgan fingerprint density at radius 1 is 1.31 bits per heavy atom. The lowest BCUT2D eigenvalue weighted by Crippen LogP contribution is -2.12. The molecule has 1 rings (SSSR count). The third-order valence-electron chi connectivity index (χ3n) is 2.17.